The molecule has 3 heteroatoms. The topological polar surface area (TPSA) is 56.2 Å². The molecule has 1 aromatic rings. The van der Waals surface area contributed by atoms with Crippen molar-refractivity contribution in [2.24, 2.45) is 5.73 Å². The molecule has 0 aliphatic rings. The summed E-state index contributed by atoms with van der Waals surface area (Å²) in [6.07, 6.45) is 1.52. The highest BCUT2D eigenvalue weighted by Crippen LogP contribution is 2.13. The number of aryl methyl sites for hydroxylation is 2. The molecule has 1 aromatic heterocycles. The summed E-state index contributed by atoms with van der Waals surface area (Å²) in [5.74, 6) is 0.161. The fourth-order valence-corrected chi connectivity index (χ4v) is 0.940. The van der Waals surface area contributed by atoms with Gasteiger partial charge < -0.3 is 10.2 Å². The molecule has 54 valence electrons. The van der Waals surface area contributed by atoms with Crippen LogP contribution in [0.1, 0.15) is 21.7 Å². The largest absolute Gasteiger partial charge is 0.469 e. The third kappa shape index (κ3) is 0.900. The molecule has 0 atom stereocenters. The monoisotopic (exact) mass is 139 g/mol. The molecule has 1 rings (SSSR count). The third-order valence-corrected chi connectivity index (χ3v) is 1.41. The molecule has 0 aliphatic heterocycles. The van der Waals surface area contributed by atoms with Crippen LogP contribution < -0.4 is 5.73 Å². The van der Waals surface area contributed by atoms with E-state index in [-0.39, 0.29) is 0 Å². The van der Waals surface area contributed by atoms with Crippen LogP contribution in [0.25, 0.3) is 0 Å². The molecule has 0 saturated carbocycles. The minimum Gasteiger partial charge on any atom is -0.469 e. The van der Waals surface area contributed by atoms with Gasteiger partial charge in [-0.3, -0.25) is 4.79 Å². The first kappa shape index (κ1) is 6.86. The maximum absolute atomic E-state index is 10.7. The minimum atomic E-state index is -0.427. The summed E-state index contributed by atoms with van der Waals surface area (Å²) in [5, 5.41) is 0. The van der Waals surface area contributed by atoms with Gasteiger partial charge in [0.15, 0.2) is 0 Å². The van der Waals surface area contributed by atoms with E-state index in [4.69, 9.17) is 10.2 Å². The number of carbonyl (C=O) groups is 1. The van der Waals surface area contributed by atoms with Crippen LogP contribution in [0.2, 0.25) is 0 Å². The van der Waals surface area contributed by atoms with E-state index in [1.807, 2.05) is 0 Å². The van der Waals surface area contributed by atoms with Gasteiger partial charge in [0.05, 0.1) is 11.8 Å². The first-order valence-electron chi connectivity index (χ1n) is 2.97. The molecule has 0 aromatic carbocycles. The van der Waals surface area contributed by atoms with Crippen molar-refractivity contribution in [2.45, 2.75) is 13.8 Å². The molecule has 0 unspecified atom stereocenters. The molecule has 0 radical (unpaired) electrons. The molecule has 3 nitrogen and oxygen atoms in total. The van der Waals surface area contributed by atoms with Gasteiger partial charge in [0.1, 0.15) is 5.76 Å². The highest BCUT2D eigenvalue weighted by Gasteiger charge is 2.10. The van der Waals surface area contributed by atoms with Gasteiger partial charge in [0.25, 0.3) is 5.91 Å². The van der Waals surface area contributed by atoms with E-state index in [0.29, 0.717) is 11.3 Å². The summed E-state index contributed by atoms with van der Waals surface area (Å²) in [7, 11) is 0. The Morgan fingerprint density at radius 1 is 1.60 bits per heavy atom. The van der Waals surface area contributed by atoms with Crippen molar-refractivity contribution in [2.75, 3.05) is 0 Å². The summed E-state index contributed by atoms with van der Waals surface area (Å²) in [4.78, 5) is 10.7. The predicted molar refractivity (Wildman–Crippen MR) is 36.7 cm³/mol. The van der Waals surface area contributed by atoms with Gasteiger partial charge in [0.2, 0.25) is 0 Å². The quantitative estimate of drug-likeness (QED) is 0.630. The zero-order valence-electron chi connectivity index (χ0n) is 5.97. The van der Waals surface area contributed by atoms with Crippen molar-refractivity contribution in [1.82, 2.24) is 0 Å². The van der Waals surface area contributed by atoms with Crippen LogP contribution in [-0.2, 0) is 0 Å². The number of primary amides is 1. The number of nitrogens with two attached hydrogens (primary N) is 1. The van der Waals surface area contributed by atoms with E-state index in [1.165, 1.54) is 6.26 Å². The van der Waals surface area contributed by atoms with Crippen molar-refractivity contribution in [3.63, 3.8) is 0 Å². The molecule has 2 N–H and O–H groups in total. The lowest BCUT2D eigenvalue weighted by Crippen LogP contribution is -2.12. The highest BCUT2D eigenvalue weighted by atomic mass is 16.3. The average molecular weight is 139 g/mol. The number of rotatable bonds is 1. The number of furan rings is 1. The first-order chi connectivity index (χ1) is 4.63. The summed E-state index contributed by atoms with van der Waals surface area (Å²) >= 11 is 0. The summed E-state index contributed by atoms with van der Waals surface area (Å²) < 4.78 is 4.96. The van der Waals surface area contributed by atoms with Crippen molar-refractivity contribution in [3.8, 4) is 0 Å². The molecule has 0 spiro atoms. The molecule has 1 amide bonds. The second-order valence-electron chi connectivity index (χ2n) is 2.21. The average Bonchev–Trinajstić information content (AvgIpc) is 2.11. The van der Waals surface area contributed by atoms with Gasteiger partial charge in [-0.25, -0.2) is 0 Å². The van der Waals surface area contributed by atoms with Crippen molar-refractivity contribution < 1.29 is 9.21 Å². The van der Waals surface area contributed by atoms with Crippen LogP contribution in [0.5, 0.6) is 0 Å². The fourth-order valence-electron chi connectivity index (χ4n) is 0.940. The van der Waals surface area contributed by atoms with Crippen molar-refractivity contribution in [3.05, 3.63) is 23.2 Å². The Morgan fingerprint density at radius 2 is 2.20 bits per heavy atom. The van der Waals surface area contributed by atoms with Crippen molar-refractivity contribution in [1.29, 1.82) is 0 Å². The van der Waals surface area contributed by atoms with Crippen LogP contribution in [0.3, 0.4) is 0 Å². The molecule has 1 heterocycles. The number of hydrogen-bond acceptors (Lipinski definition) is 2. The summed E-state index contributed by atoms with van der Waals surface area (Å²) in [6.45, 7) is 3.50. The Labute approximate surface area is 58.8 Å². The van der Waals surface area contributed by atoms with Crippen LogP contribution in [0.15, 0.2) is 10.7 Å². The lowest BCUT2D eigenvalue weighted by atomic mass is 10.2. The second-order valence-corrected chi connectivity index (χ2v) is 2.21. The van der Waals surface area contributed by atoms with E-state index in [2.05, 4.69) is 0 Å². The van der Waals surface area contributed by atoms with Crippen LogP contribution in [0.4, 0.5) is 0 Å². The standard InChI is InChI=1S/C7H9NO2/c1-4-3-10-5(2)6(4)7(8)9/h3H,1-2H3,(H2,8,9). The van der Waals surface area contributed by atoms with E-state index in [0.717, 1.165) is 5.56 Å². The van der Waals surface area contributed by atoms with E-state index in [9.17, 15) is 4.79 Å². The molecule has 0 fully saturated rings. The Kier molecular flexibility index (Phi) is 1.49. The molecule has 0 saturated heterocycles. The Bertz CT molecular complexity index is 243. The molecule has 0 bridgehead atoms. The van der Waals surface area contributed by atoms with E-state index >= 15 is 0 Å². The third-order valence-electron chi connectivity index (χ3n) is 1.41. The van der Waals surface area contributed by atoms with Gasteiger partial charge in [-0.2, -0.15) is 0 Å². The predicted octanol–water partition coefficient (Wildman–Crippen LogP) is 0.995. The van der Waals surface area contributed by atoms with Gasteiger partial charge in [-0.1, -0.05) is 0 Å². The first-order valence-corrected chi connectivity index (χ1v) is 2.97. The van der Waals surface area contributed by atoms with Gasteiger partial charge in [-0.05, 0) is 13.8 Å². The molecular formula is C7H9NO2. The van der Waals surface area contributed by atoms with Crippen LogP contribution >= 0.6 is 0 Å². The van der Waals surface area contributed by atoms with Crippen LogP contribution in [-0.4, -0.2) is 5.91 Å². The Hall–Kier alpha value is -1.25. The summed E-state index contributed by atoms with van der Waals surface area (Å²) in [6, 6.07) is 0. The van der Waals surface area contributed by atoms with Gasteiger partial charge in [0, 0.05) is 5.56 Å². The lowest BCUT2D eigenvalue weighted by Gasteiger charge is -1.90. The van der Waals surface area contributed by atoms with E-state index < -0.39 is 5.91 Å². The van der Waals surface area contributed by atoms with Gasteiger partial charge in [-0.15, -0.1) is 0 Å². The molecule has 0 aliphatic carbocycles. The number of hydrogen-bond donors (Lipinski definition) is 1. The SMILES string of the molecule is Cc1coc(C)c1C(N)=O. The molecule has 10 heavy (non-hydrogen) atoms. The van der Waals surface area contributed by atoms with Gasteiger partial charge >= 0.3 is 0 Å². The zero-order chi connectivity index (χ0) is 7.72. The highest BCUT2D eigenvalue weighted by molar-refractivity contribution is 5.95. The zero-order valence-corrected chi connectivity index (χ0v) is 5.97. The van der Waals surface area contributed by atoms with Crippen LogP contribution in [0, 0.1) is 13.8 Å². The minimum absolute atomic E-state index is 0.427. The number of carbonyl (C=O) groups excluding carboxylic acids is 1. The second kappa shape index (κ2) is 2.17. The van der Waals surface area contributed by atoms with Crippen molar-refractivity contribution >= 4 is 5.91 Å². The fraction of sp³-hybridized carbons (Fsp3) is 0.286. The Morgan fingerprint density at radius 3 is 2.40 bits per heavy atom. The lowest BCUT2D eigenvalue weighted by molar-refractivity contribution is 0.0998. The maximum Gasteiger partial charge on any atom is 0.252 e. The number of amides is 1. The summed E-state index contributed by atoms with van der Waals surface area (Å²) in [5.41, 5.74) is 6.36. The normalized spacial score (nSPS) is 9.80. The molecular weight excluding hydrogens is 130 g/mol. The maximum atomic E-state index is 10.7. The van der Waals surface area contributed by atoms with E-state index in [1.54, 1.807) is 13.8 Å². The Balaban J connectivity index is 3.23. The smallest absolute Gasteiger partial charge is 0.252 e.